The molecule has 0 saturated carbocycles. The van der Waals surface area contributed by atoms with Gasteiger partial charge in [0, 0.05) is 6.20 Å². The molecule has 0 radical (unpaired) electrons. The highest BCUT2D eigenvalue weighted by Crippen LogP contribution is 2.16. The van der Waals surface area contributed by atoms with Crippen molar-refractivity contribution in [2.45, 2.75) is 13.8 Å². The Morgan fingerprint density at radius 3 is 2.57 bits per heavy atom. The highest BCUT2D eigenvalue weighted by Gasteiger charge is 2.02. The predicted octanol–water partition coefficient (Wildman–Crippen LogP) is 3.14. The van der Waals surface area contributed by atoms with Crippen molar-refractivity contribution in [1.82, 2.24) is 9.78 Å². The summed E-state index contributed by atoms with van der Waals surface area (Å²) in [5.41, 5.74) is 3.52. The lowest BCUT2D eigenvalue weighted by molar-refractivity contribution is 0.872. The number of benzene rings is 1. The Morgan fingerprint density at radius 2 is 2.00 bits per heavy atom. The summed E-state index contributed by atoms with van der Waals surface area (Å²) in [6.45, 7) is 4.14. The van der Waals surface area contributed by atoms with Crippen molar-refractivity contribution in [2.24, 2.45) is 0 Å². The molecule has 0 bridgehead atoms. The summed E-state index contributed by atoms with van der Waals surface area (Å²) < 4.78 is 1.79. The molecule has 14 heavy (non-hydrogen) atoms. The van der Waals surface area contributed by atoms with Gasteiger partial charge in [-0.05, 0) is 31.5 Å². The Morgan fingerprint density at radius 1 is 1.21 bits per heavy atom. The fourth-order valence-electron chi connectivity index (χ4n) is 1.50. The number of hydrogen-bond acceptors (Lipinski definition) is 1. The lowest BCUT2D eigenvalue weighted by Crippen LogP contribution is -1.97. The average Bonchev–Trinajstić information content (AvgIpc) is 2.51. The molecule has 2 aromatic rings. The summed E-state index contributed by atoms with van der Waals surface area (Å²) in [6.07, 6.45) is 1.86. The summed E-state index contributed by atoms with van der Waals surface area (Å²) in [5.74, 6) is 0. The van der Waals surface area contributed by atoms with Crippen molar-refractivity contribution in [3.8, 4) is 5.69 Å². The van der Waals surface area contributed by atoms with Crippen LogP contribution in [0.25, 0.3) is 5.69 Å². The van der Waals surface area contributed by atoms with E-state index in [2.05, 4.69) is 31.1 Å². The predicted molar refractivity (Wildman–Crippen MR) is 58.0 cm³/mol. The monoisotopic (exact) mass is 206 g/mol. The minimum absolute atomic E-state index is 0.518. The van der Waals surface area contributed by atoms with Crippen LogP contribution in [0, 0.1) is 13.8 Å². The van der Waals surface area contributed by atoms with Crippen LogP contribution in [0.15, 0.2) is 30.5 Å². The van der Waals surface area contributed by atoms with Crippen molar-refractivity contribution < 1.29 is 0 Å². The van der Waals surface area contributed by atoms with E-state index in [9.17, 15) is 0 Å². The van der Waals surface area contributed by atoms with Crippen molar-refractivity contribution in [3.63, 3.8) is 0 Å². The molecule has 0 aliphatic carbocycles. The van der Waals surface area contributed by atoms with E-state index in [0.717, 1.165) is 5.69 Å². The van der Waals surface area contributed by atoms with Gasteiger partial charge >= 0.3 is 0 Å². The second-order valence-electron chi connectivity index (χ2n) is 3.37. The lowest BCUT2D eigenvalue weighted by atomic mass is 10.1. The number of nitrogens with zero attached hydrogens (tertiary/aromatic N) is 2. The summed E-state index contributed by atoms with van der Waals surface area (Å²) in [6, 6.07) is 8.03. The molecule has 0 fully saturated rings. The molecule has 0 N–H and O–H groups in total. The number of aromatic nitrogens is 2. The van der Waals surface area contributed by atoms with Crippen LogP contribution in [-0.2, 0) is 0 Å². The van der Waals surface area contributed by atoms with Crippen molar-refractivity contribution in [3.05, 3.63) is 46.7 Å². The van der Waals surface area contributed by atoms with E-state index in [1.165, 1.54) is 11.1 Å². The molecule has 0 amide bonds. The van der Waals surface area contributed by atoms with Gasteiger partial charge in [0.25, 0.3) is 0 Å². The van der Waals surface area contributed by atoms with Gasteiger partial charge in [-0.2, -0.15) is 5.10 Å². The maximum absolute atomic E-state index is 5.76. The molecule has 0 unspecified atom stereocenters. The molecule has 3 heteroatoms. The Hall–Kier alpha value is -1.28. The Bertz CT molecular complexity index is 460. The molecule has 0 spiro atoms. The minimum Gasteiger partial charge on any atom is -0.239 e. The molecule has 2 nitrogen and oxygen atoms in total. The van der Waals surface area contributed by atoms with Crippen molar-refractivity contribution >= 4 is 11.6 Å². The summed E-state index contributed by atoms with van der Waals surface area (Å²) in [4.78, 5) is 0. The van der Waals surface area contributed by atoms with Gasteiger partial charge < -0.3 is 0 Å². The van der Waals surface area contributed by atoms with Crippen LogP contribution < -0.4 is 0 Å². The Kier molecular flexibility index (Phi) is 2.30. The molecule has 0 saturated heterocycles. The zero-order chi connectivity index (χ0) is 10.1. The van der Waals surface area contributed by atoms with Gasteiger partial charge in [0.15, 0.2) is 5.15 Å². The largest absolute Gasteiger partial charge is 0.239 e. The van der Waals surface area contributed by atoms with Crippen LogP contribution >= 0.6 is 11.6 Å². The molecule has 2 rings (SSSR count). The smallest absolute Gasteiger partial charge is 0.151 e. The minimum atomic E-state index is 0.518. The number of halogens is 1. The Labute approximate surface area is 88.1 Å². The van der Waals surface area contributed by atoms with E-state index in [0.29, 0.717) is 5.15 Å². The third-order valence-corrected chi connectivity index (χ3v) is 2.36. The first-order chi connectivity index (χ1) is 6.66. The van der Waals surface area contributed by atoms with Crippen LogP contribution in [-0.4, -0.2) is 9.78 Å². The van der Waals surface area contributed by atoms with E-state index in [-0.39, 0.29) is 0 Å². The quantitative estimate of drug-likeness (QED) is 0.701. The third-order valence-electron chi connectivity index (χ3n) is 2.16. The highest BCUT2D eigenvalue weighted by atomic mass is 35.5. The van der Waals surface area contributed by atoms with Gasteiger partial charge in [-0.3, -0.25) is 0 Å². The summed E-state index contributed by atoms with van der Waals surface area (Å²) in [7, 11) is 0. The SMILES string of the molecule is Cc1ccc(-n2ccc(Cl)n2)c(C)c1. The van der Waals surface area contributed by atoms with E-state index >= 15 is 0 Å². The first-order valence-electron chi connectivity index (χ1n) is 4.45. The molecule has 0 atom stereocenters. The zero-order valence-electron chi connectivity index (χ0n) is 8.16. The molecule has 1 heterocycles. The van der Waals surface area contributed by atoms with Gasteiger partial charge in [-0.25, -0.2) is 4.68 Å². The van der Waals surface area contributed by atoms with Gasteiger partial charge in [0.1, 0.15) is 0 Å². The molecule has 72 valence electrons. The molecule has 1 aromatic heterocycles. The molecular formula is C11H11ClN2. The van der Waals surface area contributed by atoms with Crippen LogP contribution in [0.2, 0.25) is 5.15 Å². The number of aryl methyl sites for hydroxylation is 2. The normalized spacial score (nSPS) is 10.5. The standard InChI is InChI=1S/C11H11ClN2/c1-8-3-4-10(9(2)7-8)14-6-5-11(12)13-14/h3-7H,1-2H3. The van der Waals surface area contributed by atoms with Gasteiger partial charge in [-0.1, -0.05) is 29.3 Å². The number of hydrogen-bond donors (Lipinski definition) is 0. The van der Waals surface area contributed by atoms with E-state index in [4.69, 9.17) is 11.6 Å². The van der Waals surface area contributed by atoms with Crippen LogP contribution in [0.1, 0.15) is 11.1 Å². The molecule has 0 aliphatic heterocycles. The van der Waals surface area contributed by atoms with Crippen LogP contribution in [0.5, 0.6) is 0 Å². The molecule has 0 aliphatic rings. The summed E-state index contributed by atoms with van der Waals surface area (Å²) >= 11 is 5.76. The van der Waals surface area contributed by atoms with Crippen molar-refractivity contribution in [1.29, 1.82) is 0 Å². The second-order valence-corrected chi connectivity index (χ2v) is 3.76. The lowest BCUT2D eigenvalue weighted by Gasteiger charge is -2.05. The fourth-order valence-corrected chi connectivity index (χ4v) is 1.64. The van der Waals surface area contributed by atoms with Gasteiger partial charge in [0.2, 0.25) is 0 Å². The molecular weight excluding hydrogens is 196 g/mol. The van der Waals surface area contributed by atoms with E-state index < -0.39 is 0 Å². The highest BCUT2D eigenvalue weighted by molar-refractivity contribution is 6.29. The van der Waals surface area contributed by atoms with Gasteiger partial charge in [0.05, 0.1) is 5.69 Å². The third kappa shape index (κ3) is 1.66. The first kappa shape index (κ1) is 9.28. The average molecular weight is 207 g/mol. The maximum atomic E-state index is 5.76. The fraction of sp³-hybridized carbons (Fsp3) is 0.182. The summed E-state index contributed by atoms with van der Waals surface area (Å²) in [5, 5.41) is 4.67. The maximum Gasteiger partial charge on any atom is 0.151 e. The van der Waals surface area contributed by atoms with Crippen LogP contribution in [0.3, 0.4) is 0 Å². The molecule has 1 aromatic carbocycles. The Balaban J connectivity index is 2.52. The van der Waals surface area contributed by atoms with E-state index in [1.807, 2.05) is 12.3 Å². The zero-order valence-corrected chi connectivity index (χ0v) is 8.92. The number of rotatable bonds is 1. The topological polar surface area (TPSA) is 17.8 Å². The van der Waals surface area contributed by atoms with Crippen LogP contribution in [0.4, 0.5) is 0 Å². The van der Waals surface area contributed by atoms with Crippen molar-refractivity contribution in [2.75, 3.05) is 0 Å². The van der Waals surface area contributed by atoms with E-state index in [1.54, 1.807) is 10.7 Å². The first-order valence-corrected chi connectivity index (χ1v) is 4.83. The van der Waals surface area contributed by atoms with Gasteiger partial charge in [-0.15, -0.1) is 0 Å². The second kappa shape index (κ2) is 3.46.